The topological polar surface area (TPSA) is 120 Å². The third-order valence-electron chi connectivity index (χ3n) is 4.56. The van der Waals surface area contributed by atoms with Gasteiger partial charge in [0.2, 0.25) is 0 Å². The molecule has 170 valence electrons. The van der Waals surface area contributed by atoms with E-state index in [1.165, 1.54) is 17.9 Å². The largest absolute Gasteiger partial charge is 0.344 e. The molecular weight excluding hydrogens is 474 g/mol. The van der Waals surface area contributed by atoms with E-state index in [4.69, 9.17) is 11.6 Å². The summed E-state index contributed by atoms with van der Waals surface area (Å²) in [6.07, 6.45) is 3.13. The van der Waals surface area contributed by atoms with Crippen LogP contribution in [0.5, 0.6) is 0 Å². The first-order valence-electron chi connectivity index (χ1n) is 9.66. The van der Waals surface area contributed by atoms with Crippen molar-refractivity contribution in [3.05, 3.63) is 51.2 Å². The monoisotopic (exact) mass is 495 g/mol. The second kappa shape index (κ2) is 10.2. The van der Waals surface area contributed by atoms with Crippen molar-refractivity contribution in [3.63, 3.8) is 0 Å². The summed E-state index contributed by atoms with van der Waals surface area (Å²) in [5.74, 6) is -0.529. The standard InChI is InChI=1S/C20H22ClN5O4S2/c1-13(2)32(29,30)16-10-31-18(17(16)21)19(27)25-15(8-14-6-4-3-5-7-14)9-24-26-12-22-11-23-20(26)28/h3-7,9-11,13,15H,8,12H2,1-2H3,(H,25,27)(H,22,23,28)/b24-9-. The van der Waals surface area contributed by atoms with E-state index in [1.807, 2.05) is 30.3 Å². The molecule has 0 aliphatic carbocycles. The average Bonchev–Trinajstić information content (AvgIpc) is 3.15. The van der Waals surface area contributed by atoms with Crippen molar-refractivity contribution in [1.29, 1.82) is 0 Å². The number of aliphatic imine (C=N–C) groups is 1. The van der Waals surface area contributed by atoms with E-state index < -0.39 is 33.1 Å². The number of hydrogen-bond acceptors (Lipinski definition) is 7. The molecule has 2 N–H and O–H groups in total. The van der Waals surface area contributed by atoms with Crippen LogP contribution in [0, 0.1) is 0 Å². The zero-order valence-electron chi connectivity index (χ0n) is 17.4. The van der Waals surface area contributed by atoms with Gasteiger partial charge in [-0.1, -0.05) is 41.9 Å². The molecule has 0 spiro atoms. The fourth-order valence-corrected chi connectivity index (χ4v) is 5.77. The van der Waals surface area contributed by atoms with Gasteiger partial charge in [0.1, 0.15) is 11.5 Å². The van der Waals surface area contributed by atoms with Gasteiger partial charge in [0.15, 0.2) is 9.84 Å². The van der Waals surface area contributed by atoms with E-state index >= 15 is 0 Å². The molecule has 2 heterocycles. The zero-order valence-corrected chi connectivity index (χ0v) is 19.7. The summed E-state index contributed by atoms with van der Waals surface area (Å²) in [7, 11) is -3.62. The molecule has 1 aromatic heterocycles. The van der Waals surface area contributed by atoms with Crippen molar-refractivity contribution in [1.82, 2.24) is 15.6 Å². The summed E-state index contributed by atoms with van der Waals surface area (Å²) < 4.78 is 24.9. The molecule has 3 amide bonds. The fraction of sp³-hybridized carbons (Fsp3) is 0.300. The number of carbonyl (C=O) groups is 2. The summed E-state index contributed by atoms with van der Waals surface area (Å²) >= 11 is 7.23. The molecule has 1 aliphatic heterocycles. The fourth-order valence-electron chi connectivity index (χ4n) is 2.78. The van der Waals surface area contributed by atoms with Crippen LogP contribution < -0.4 is 10.6 Å². The van der Waals surface area contributed by atoms with E-state index in [0.717, 1.165) is 21.9 Å². The van der Waals surface area contributed by atoms with Crippen molar-refractivity contribution >= 4 is 57.3 Å². The Kier molecular flexibility index (Phi) is 7.64. The van der Waals surface area contributed by atoms with E-state index in [9.17, 15) is 18.0 Å². The van der Waals surface area contributed by atoms with Crippen LogP contribution >= 0.6 is 22.9 Å². The predicted octanol–water partition coefficient (Wildman–Crippen LogP) is 2.92. The summed E-state index contributed by atoms with van der Waals surface area (Å²) in [5.41, 5.74) is 0.936. The molecule has 0 saturated heterocycles. The highest BCUT2D eigenvalue weighted by molar-refractivity contribution is 7.92. The third-order valence-corrected chi connectivity index (χ3v) is 8.48. The molecular formula is C20H22ClN5O4S2. The van der Waals surface area contributed by atoms with E-state index in [2.05, 4.69) is 20.7 Å². The highest BCUT2D eigenvalue weighted by Gasteiger charge is 2.28. The predicted molar refractivity (Wildman–Crippen MR) is 125 cm³/mol. The maximum atomic E-state index is 12.9. The molecule has 12 heteroatoms. The molecule has 0 saturated carbocycles. The van der Waals surface area contributed by atoms with Gasteiger partial charge in [-0.3, -0.25) is 15.1 Å². The highest BCUT2D eigenvalue weighted by atomic mass is 35.5. The van der Waals surface area contributed by atoms with Crippen LogP contribution in [0.25, 0.3) is 0 Å². The number of hydrazone groups is 1. The normalized spacial score (nSPS) is 15.2. The molecule has 9 nitrogen and oxygen atoms in total. The van der Waals surface area contributed by atoms with Crippen LogP contribution in [0.3, 0.4) is 0 Å². The first-order chi connectivity index (χ1) is 15.2. The maximum Gasteiger partial charge on any atom is 0.344 e. The van der Waals surface area contributed by atoms with Crippen LogP contribution in [-0.2, 0) is 16.3 Å². The van der Waals surface area contributed by atoms with Gasteiger partial charge in [-0.25, -0.2) is 13.2 Å². The Morgan fingerprint density at radius 3 is 2.75 bits per heavy atom. The molecule has 3 rings (SSSR count). The second-order valence-corrected chi connectivity index (χ2v) is 10.9. The minimum Gasteiger partial charge on any atom is -0.343 e. The van der Waals surface area contributed by atoms with E-state index in [-0.39, 0.29) is 21.5 Å². The lowest BCUT2D eigenvalue weighted by Gasteiger charge is -2.19. The SMILES string of the molecule is CC(C)S(=O)(=O)c1csc(C(=O)NC(/C=N\N2CN=CNC2=O)Cc2ccccc2)c1Cl. The van der Waals surface area contributed by atoms with Crippen LogP contribution in [0.4, 0.5) is 4.79 Å². The van der Waals surface area contributed by atoms with Crippen molar-refractivity contribution in [2.45, 2.75) is 36.5 Å². The lowest BCUT2D eigenvalue weighted by atomic mass is 10.1. The summed E-state index contributed by atoms with van der Waals surface area (Å²) in [4.78, 5) is 28.8. The van der Waals surface area contributed by atoms with Crippen molar-refractivity contribution < 1.29 is 18.0 Å². The average molecular weight is 496 g/mol. The molecule has 1 aliphatic rings. The molecule has 0 bridgehead atoms. The number of amides is 3. The van der Waals surface area contributed by atoms with Gasteiger partial charge in [0.25, 0.3) is 5.91 Å². The number of carbonyl (C=O) groups excluding carboxylic acids is 2. The van der Waals surface area contributed by atoms with Crippen LogP contribution in [0.15, 0.2) is 50.7 Å². The number of rotatable bonds is 8. The van der Waals surface area contributed by atoms with Gasteiger partial charge in [-0.05, 0) is 25.8 Å². The molecule has 0 fully saturated rings. The van der Waals surface area contributed by atoms with Gasteiger partial charge in [-0.2, -0.15) is 10.1 Å². The van der Waals surface area contributed by atoms with Gasteiger partial charge in [-0.15, -0.1) is 11.3 Å². The zero-order chi connectivity index (χ0) is 23.3. The smallest absolute Gasteiger partial charge is 0.343 e. The quantitative estimate of drug-likeness (QED) is 0.547. The Labute approximate surface area is 195 Å². The lowest BCUT2D eigenvalue weighted by Crippen LogP contribution is -2.42. The van der Waals surface area contributed by atoms with Crippen molar-refractivity contribution in [2.75, 3.05) is 6.67 Å². The minimum atomic E-state index is -3.62. The second-order valence-electron chi connectivity index (χ2n) is 7.17. The number of sulfone groups is 1. The number of hydrogen-bond donors (Lipinski definition) is 2. The van der Waals surface area contributed by atoms with Crippen LogP contribution in [-0.4, -0.2) is 55.9 Å². The number of halogens is 1. The summed E-state index contributed by atoms with van der Waals surface area (Å²) in [6, 6.07) is 8.39. The van der Waals surface area contributed by atoms with Crippen LogP contribution in [0.2, 0.25) is 5.02 Å². The Morgan fingerprint density at radius 1 is 1.38 bits per heavy atom. The van der Waals surface area contributed by atoms with Gasteiger partial charge in [0, 0.05) is 11.6 Å². The minimum absolute atomic E-state index is 0.0551. The highest BCUT2D eigenvalue weighted by Crippen LogP contribution is 2.33. The molecule has 1 aromatic carbocycles. The van der Waals surface area contributed by atoms with Gasteiger partial charge in [0.05, 0.1) is 27.5 Å². The van der Waals surface area contributed by atoms with Gasteiger partial charge < -0.3 is 5.32 Å². The maximum absolute atomic E-state index is 12.9. The Hall–Kier alpha value is -2.76. The number of nitrogens with one attached hydrogen (secondary N) is 2. The number of benzene rings is 1. The Balaban J connectivity index is 1.83. The van der Waals surface area contributed by atoms with Crippen LogP contribution in [0.1, 0.15) is 29.1 Å². The number of urea groups is 1. The number of thiophene rings is 1. The van der Waals surface area contributed by atoms with Gasteiger partial charge >= 0.3 is 6.03 Å². The third kappa shape index (κ3) is 5.53. The Morgan fingerprint density at radius 2 is 2.09 bits per heavy atom. The molecule has 1 atom stereocenters. The van der Waals surface area contributed by atoms with Crippen molar-refractivity contribution in [3.8, 4) is 0 Å². The Bertz CT molecular complexity index is 1150. The van der Waals surface area contributed by atoms with E-state index in [0.29, 0.717) is 6.42 Å². The first kappa shape index (κ1) is 23.9. The lowest BCUT2D eigenvalue weighted by molar-refractivity contribution is 0.0951. The molecule has 32 heavy (non-hydrogen) atoms. The summed E-state index contributed by atoms with van der Waals surface area (Å²) in [5, 5.41) is 11.1. The molecule has 1 unspecified atom stereocenters. The molecule has 0 radical (unpaired) electrons. The number of nitrogens with zero attached hydrogens (tertiary/aromatic N) is 3. The first-order valence-corrected chi connectivity index (χ1v) is 12.5. The summed E-state index contributed by atoms with van der Waals surface area (Å²) in [6.45, 7) is 3.16. The van der Waals surface area contributed by atoms with Crippen molar-refractivity contribution in [2.24, 2.45) is 10.1 Å². The molecule has 2 aromatic rings. The van der Waals surface area contributed by atoms with E-state index in [1.54, 1.807) is 13.8 Å².